The Morgan fingerprint density at radius 3 is 2.88 bits per heavy atom. The topological polar surface area (TPSA) is 80.2 Å². The minimum atomic E-state index is -1.00. The van der Waals surface area contributed by atoms with Crippen LogP contribution in [0.4, 0.5) is 5.69 Å². The number of methoxy groups -OCH3 is 1. The normalized spacial score (nSPS) is 10.5. The maximum absolute atomic E-state index is 11.0. The Bertz CT molecular complexity index is 806. The molecule has 0 aromatic heterocycles. The van der Waals surface area contributed by atoms with E-state index in [-0.39, 0.29) is 5.56 Å². The van der Waals surface area contributed by atoms with Crippen molar-refractivity contribution in [2.75, 3.05) is 19.1 Å². The summed E-state index contributed by atoms with van der Waals surface area (Å²) < 4.78 is 10.8. The fourth-order valence-corrected chi connectivity index (χ4v) is 2.27. The minimum Gasteiger partial charge on any atom is -0.493 e. The van der Waals surface area contributed by atoms with Crippen LogP contribution in [0.15, 0.2) is 54.2 Å². The number of hydrogen-bond acceptors (Lipinski definition) is 5. The second-order valence-electron chi connectivity index (χ2n) is 4.89. The highest BCUT2D eigenvalue weighted by atomic mass is 35.5. The molecule has 0 fully saturated rings. The lowest BCUT2D eigenvalue weighted by atomic mass is 10.2. The highest BCUT2D eigenvalue weighted by Crippen LogP contribution is 2.36. The summed E-state index contributed by atoms with van der Waals surface area (Å²) in [4.78, 5) is 11.0. The molecule has 0 spiro atoms. The average Bonchev–Trinajstić information content (AvgIpc) is 2.60. The minimum absolute atomic E-state index is 0.175. The van der Waals surface area contributed by atoms with Crippen LogP contribution >= 0.6 is 11.6 Å². The van der Waals surface area contributed by atoms with Crippen LogP contribution in [0.3, 0.4) is 0 Å². The first-order valence-corrected chi connectivity index (χ1v) is 7.66. The number of rotatable bonds is 8. The van der Waals surface area contributed by atoms with E-state index in [0.29, 0.717) is 34.4 Å². The van der Waals surface area contributed by atoms with Crippen LogP contribution in [-0.2, 0) is 0 Å². The third-order valence-electron chi connectivity index (χ3n) is 3.11. The van der Waals surface area contributed by atoms with Gasteiger partial charge in [0, 0.05) is 0 Å². The maximum atomic E-state index is 11.0. The smallest absolute Gasteiger partial charge is 0.335 e. The van der Waals surface area contributed by atoms with Gasteiger partial charge in [-0.25, -0.2) is 4.79 Å². The molecule has 0 aliphatic carbocycles. The van der Waals surface area contributed by atoms with Gasteiger partial charge in [0.15, 0.2) is 11.5 Å². The molecule has 2 N–H and O–H groups in total. The van der Waals surface area contributed by atoms with Gasteiger partial charge >= 0.3 is 5.97 Å². The van der Waals surface area contributed by atoms with Crippen LogP contribution in [0, 0.1) is 0 Å². The number of hydrogen-bond donors (Lipinski definition) is 2. The second-order valence-corrected chi connectivity index (χ2v) is 5.30. The van der Waals surface area contributed by atoms with Crippen molar-refractivity contribution in [3.8, 4) is 11.5 Å². The SMILES string of the molecule is C=CCOc1c(Cl)cc(C=NNc2cccc(C(=O)O)c2)cc1OC. The van der Waals surface area contributed by atoms with Gasteiger partial charge in [0.1, 0.15) is 6.61 Å². The number of anilines is 1. The first-order chi connectivity index (χ1) is 12.0. The predicted molar refractivity (Wildman–Crippen MR) is 98.3 cm³/mol. The Morgan fingerprint density at radius 1 is 1.40 bits per heavy atom. The van der Waals surface area contributed by atoms with Crippen molar-refractivity contribution in [1.29, 1.82) is 0 Å². The summed E-state index contributed by atoms with van der Waals surface area (Å²) in [7, 11) is 1.52. The van der Waals surface area contributed by atoms with Gasteiger partial charge in [-0.3, -0.25) is 5.43 Å². The summed E-state index contributed by atoms with van der Waals surface area (Å²) in [6.07, 6.45) is 3.15. The summed E-state index contributed by atoms with van der Waals surface area (Å²) in [6, 6.07) is 9.74. The Morgan fingerprint density at radius 2 is 2.20 bits per heavy atom. The summed E-state index contributed by atoms with van der Waals surface area (Å²) in [5.41, 5.74) is 4.19. The predicted octanol–water partition coefficient (Wildman–Crippen LogP) is 4.06. The molecule has 7 heteroatoms. The molecule has 2 rings (SSSR count). The zero-order valence-electron chi connectivity index (χ0n) is 13.5. The van der Waals surface area contributed by atoms with E-state index < -0.39 is 5.97 Å². The molecule has 25 heavy (non-hydrogen) atoms. The van der Waals surface area contributed by atoms with E-state index in [1.165, 1.54) is 19.2 Å². The summed E-state index contributed by atoms with van der Waals surface area (Å²) >= 11 is 6.21. The third-order valence-corrected chi connectivity index (χ3v) is 3.39. The van der Waals surface area contributed by atoms with E-state index in [1.54, 1.807) is 36.6 Å². The van der Waals surface area contributed by atoms with Crippen LogP contribution < -0.4 is 14.9 Å². The Kier molecular flexibility index (Phi) is 6.42. The van der Waals surface area contributed by atoms with E-state index in [4.69, 9.17) is 26.2 Å². The second kappa shape index (κ2) is 8.75. The molecule has 0 atom stereocenters. The van der Waals surface area contributed by atoms with E-state index >= 15 is 0 Å². The number of aromatic carboxylic acids is 1. The lowest BCUT2D eigenvalue weighted by molar-refractivity contribution is 0.0697. The number of carboxylic acid groups (broad SMARTS) is 1. The third kappa shape index (κ3) is 4.99. The monoisotopic (exact) mass is 360 g/mol. The van der Waals surface area contributed by atoms with E-state index in [1.807, 2.05) is 0 Å². The zero-order chi connectivity index (χ0) is 18.2. The van der Waals surface area contributed by atoms with Gasteiger partial charge in [0.05, 0.1) is 29.6 Å². The van der Waals surface area contributed by atoms with Gasteiger partial charge < -0.3 is 14.6 Å². The molecular formula is C18H17ClN2O4. The molecular weight excluding hydrogens is 344 g/mol. The number of carboxylic acids is 1. The van der Waals surface area contributed by atoms with Gasteiger partial charge in [-0.05, 0) is 35.9 Å². The van der Waals surface area contributed by atoms with Crippen molar-refractivity contribution in [2.24, 2.45) is 5.10 Å². The van der Waals surface area contributed by atoms with E-state index in [0.717, 1.165) is 0 Å². The molecule has 6 nitrogen and oxygen atoms in total. The van der Waals surface area contributed by atoms with E-state index in [9.17, 15) is 4.79 Å². The van der Waals surface area contributed by atoms with Crippen LogP contribution in [0.5, 0.6) is 11.5 Å². The number of ether oxygens (including phenoxy) is 2. The van der Waals surface area contributed by atoms with Crippen LogP contribution in [0.2, 0.25) is 5.02 Å². The van der Waals surface area contributed by atoms with Crippen molar-refractivity contribution < 1.29 is 19.4 Å². The summed E-state index contributed by atoms with van der Waals surface area (Å²) in [5.74, 6) is -0.0914. The molecule has 2 aromatic rings. The van der Waals surface area contributed by atoms with Gasteiger partial charge in [0.25, 0.3) is 0 Å². The molecule has 0 bridgehead atoms. The Hall–Kier alpha value is -2.99. The standard InChI is InChI=1S/C18H17ClN2O4/c1-3-7-25-17-15(19)8-12(9-16(17)24-2)11-20-21-14-6-4-5-13(10-14)18(22)23/h3-6,8-11,21H,1,7H2,2H3,(H,22,23). The van der Waals surface area contributed by atoms with Crippen molar-refractivity contribution in [1.82, 2.24) is 0 Å². The maximum Gasteiger partial charge on any atom is 0.335 e. The molecule has 0 saturated carbocycles. The van der Waals surface area contributed by atoms with Crippen molar-refractivity contribution in [2.45, 2.75) is 0 Å². The highest BCUT2D eigenvalue weighted by Gasteiger charge is 2.11. The van der Waals surface area contributed by atoms with Gasteiger partial charge in [0.2, 0.25) is 0 Å². The van der Waals surface area contributed by atoms with Crippen molar-refractivity contribution in [3.63, 3.8) is 0 Å². The molecule has 0 radical (unpaired) electrons. The first-order valence-electron chi connectivity index (χ1n) is 7.28. The number of halogens is 1. The van der Waals surface area contributed by atoms with Crippen molar-refractivity contribution >= 4 is 29.5 Å². The molecule has 0 unspecified atom stereocenters. The van der Waals surface area contributed by atoms with Crippen LogP contribution in [-0.4, -0.2) is 31.0 Å². The fraction of sp³-hybridized carbons (Fsp3) is 0.111. The number of hydrazone groups is 1. The quantitative estimate of drug-likeness (QED) is 0.421. The Balaban J connectivity index is 2.15. The van der Waals surface area contributed by atoms with Crippen LogP contribution in [0.25, 0.3) is 0 Å². The van der Waals surface area contributed by atoms with Gasteiger partial charge in [-0.2, -0.15) is 5.10 Å². The zero-order valence-corrected chi connectivity index (χ0v) is 14.3. The molecule has 0 aliphatic heterocycles. The number of carbonyl (C=O) groups is 1. The Labute approximate surface area is 150 Å². The van der Waals surface area contributed by atoms with Gasteiger partial charge in [-0.15, -0.1) is 0 Å². The largest absolute Gasteiger partial charge is 0.493 e. The fourth-order valence-electron chi connectivity index (χ4n) is 2.00. The van der Waals surface area contributed by atoms with Crippen molar-refractivity contribution in [3.05, 3.63) is 65.2 Å². The molecule has 0 amide bonds. The highest BCUT2D eigenvalue weighted by molar-refractivity contribution is 6.32. The number of benzene rings is 2. The lowest BCUT2D eigenvalue weighted by Gasteiger charge is -2.11. The molecule has 0 heterocycles. The lowest BCUT2D eigenvalue weighted by Crippen LogP contribution is -1.99. The van der Waals surface area contributed by atoms with Gasteiger partial charge in [-0.1, -0.05) is 30.3 Å². The van der Waals surface area contributed by atoms with Crippen LogP contribution in [0.1, 0.15) is 15.9 Å². The molecule has 130 valence electrons. The molecule has 2 aromatic carbocycles. The first kappa shape index (κ1) is 18.4. The molecule has 0 aliphatic rings. The van der Waals surface area contributed by atoms with E-state index in [2.05, 4.69) is 17.1 Å². The number of nitrogens with one attached hydrogen (secondary N) is 1. The average molecular weight is 361 g/mol. The summed E-state index contributed by atoms with van der Waals surface area (Å²) in [6.45, 7) is 3.90. The summed E-state index contributed by atoms with van der Waals surface area (Å²) in [5, 5.41) is 13.4. The molecule has 0 saturated heterocycles. The number of nitrogens with zero attached hydrogens (tertiary/aromatic N) is 1.